The van der Waals surface area contributed by atoms with E-state index in [1.54, 1.807) is 0 Å². The number of halogens is 3. The Morgan fingerprint density at radius 2 is 1.68 bits per heavy atom. The summed E-state index contributed by atoms with van der Waals surface area (Å²) in [5, 5.41) is 0. The van der Waals surface area contributed by atoms with Gasteiger partial charge in [-0.1, -0.05) is 6.92 Å². The van der Waals surface area contributed by atoms with Gasteiger partial charge in [-0.3, -0.25) is 4.79 Å². The fourth-order valence-corrected chi connectivity index (χ4v) is 5.49. The summed E-state index contributed by atoms with van der Waals surface area (Å²) in [5.74, 6) is -1.71. The van der Waals surface area contributed by atoms with Crippen LogP contribution in [0.15, 0.2) is 29.2 Å². The van der Waals surface area contributed by atoms with Crippen LogP contribution in [-0.2, 0) is 10.0 Å². The van der Waals surface area contributed by atoms with Gasteiger partial charge in [0.05, 0.1) is 10.8 Å². The quantitative estimate of drug-likeness (QED) is 0.755. The molecular formula is C19H25F3N2O3S. The molecule has 0 radical (unpaired) electrons. The number of amides is 1. The highest BCUT2D eigenvalue weighted by Gasteiger charge is 2.42. The van der Waals surface area contributed by atoms with E-state index < -0.39 is 28.0 Å². The molecule has 2 saturated heterocycles. The fraction of sp³-hybridized carbons (Fsp3) is 0.632. The zero-order valence-corrected chi connectivity index (χ0v) is 16.6. The number of sulfonamides is 1. The van der Waals surface area contributed by atoms with Crippen LogP contribution in [0.3, 0.4) is 0 Å². The number of carbonyl (C=O) groups excluding carboxylic acids is 1. The van der Waals surface area contributed by atoms with Crippen molar-refractivity contribution in [2.24, 2.45) is 11.8 Å². The van der Waals surface area contributed by atoms with Crippen molar-refractivity contribution in [1.82, 2.24) is 9.21 Å². The number of nitrogens with zero attached hydrogens (tertiary/aromatic N) is 2. The number of piperidine rings is 2. The van der Waals surface area contributed by atoms with Crippen molar-refractivity contribution >= 4 is 15.9 Å². The molecule has 1 aromatic rings. The lowest BCUT2D eigenvalue weighted by Gasteiger charge is -2.33. The van der Waals surface area contributed by atoms with E-state index in [4.69, 9.17) is 0 Å². The van der Waals surface area contributed by atoms with Crippen LogP contribution >= 0.6 is 0 Å². The molecule has 1 amide bonds. The van der Waals surface area contributed by atoms with Crippen LogP contribution in [0.2, 0.25) is 0 Å². The van der Waals surface area contributed by atoms with E-state index in [0.29, 0.717) is 25.4 Å². The topological polar surface area (TPSA) is 57.7 Å². The van der Waals surface area contributed by atoms with Crippen LogP contribution in [0, 0.1) is 11.8 Å². The molecule has 0 unspecified atom stereocenters. The van der Waals surface area contributed by atoms with Crippen molar-refractivity contribution in [1.29, 1.82) is 0 Å². The molecule has 0 aromatic heterocycles. The van der Waals surface area contributed by atoms with Crippen molar-refractivity contribution < 1.29 is 26.4 Å². The van der Waals surface area contributed by atoms with Crippen LogP contribution in [0.25, 0.3) is 0 Å². The first-order valence-electron chi connectivity index (χ1n) is 9.55. The minimum absolute atomic E-state index is 0.0265. The number of hydrogen-bond acceptors (Lipinski definition) is 3. The predicted molar refractivity (Wildman–Crippen MR) is 98.3 cm³/mol. The molecule has 2 aliphatic rings. The second kappa shape index (κ2) is 8.02. The van der Waals surface area contributed by atoms with Gasteiger partial charge in [-0.25, -0.2) is 8.42 Å². The molecule has 28 heavy (non-hydrogen) atoms. The van der Waals surface area contributed by atoms with Gasteiger partial charge in [0.1, 0.15) is 0 Å². The summed E-state index contributed by atoms with van der Waals surface area (Å²) in [6.45, 7) is 2.87. The van der Waals surface area contributed by atoms with Gasteiger partial charge in [-0.2, -0.15) is 17.5 Å². The highest BCUT2D eigenvalue weighted by atomic mass is 32.2. The van der Waals surface area contributed by atoms with Gasteiger partial charge in [0.25, 0.3) is 5.91 Å². The average Bonchev–Trinajstić information content (AvgIpc) is 2.67. The zero-order valence-electron chi connectivity index (χ0n) is 15.8. The van der Waals surface area contributed by atoms with Crippen molar-refractivity contribution in [3.63, 3.8) is 0 Å². The number of likely N-dealkylation sites (tertiary alicyclic amines) is 1. The minimum atomic E-state index is -4.32. The Morgan fingerprint density at radius 1 is 1.04 bits per heavy atom. The number of alkyl halides is 3. The van der Waals surface area contributed by atoms with Crippen LogP contribution < -0.4 is 0 Å². The standard InChI is InChI=1S/C19H25F3N2O3S/c1-14-4-2-11-24(12-14)28(26,27)17-8-6-15(7-9-17)18(25)23-10-3-5-16(13-23)19(20,21)22/h6-9,14,16H,2-5,10-13H2,1H3/t14-,16-/m1/s1. The first kappa shape index (κ1) is 21.1. The summed E-state index contributed by atoms with van der Waals surface area (Å²) < 4.78 is 65.9. The van der Waals surface area contributed by atoms with Crippen molar-refractivity contribution in [2.45, 2.75) is 43.7 Å². The molecule has 2 atom stereocenters. The van der Waals surface area contributed by atoms with Gasteiger partial charge in [0, 0.05) is 31.7 Å². The molecule has 1 aromatic carbocycles. The first-order valence-corrected chi connectivity index (χ1v) is 11.0. The van der Waals surface area contributed by atoms with E-state index in [1.807, 2.05) is 6.92 Å². The molecule has 0 spiro atoms. The molecule has 156 valence electrons. The Balaban J connectivity index is 1.72. The van der Waals surface area contributed by atoms with Gasteiger partial charge in [0.15, 0.2) is 0 Å². The van der Waals surface area contributed by atoms with Crippen molar-refractivity contribution in [3.05, 3.63) is 29.8 Å². The molecule has 0 aliphatic carbocycles. The summed E-state index contributed by atoms with van der Waals surface area (Å²) >= 11 is 0. The monoisotopic (exact) mass is 418 g/mol. The Bertz CT molecular complexity index is 809. The lowest BCUT2D eigenvalue weighted by molar-refractivity contribution is -0.184. The summed E-state index contributed by atoms with van der Waals surface area (Å²) in [4.78, 5) is 13.9. The van der Waals surface area contributed by atoms with Crippen LogP contribution in [0.4, 0.5) is 13.2 Å². The third-order valence-corrected chi connectivity index (χ3v) is 7.41. The maximum atomic E-state index is 13.0. The second-order valence-electron chi connectivity index (χ2n) is 7.77. The van der Waals surface area contributed by atoms with Gasteiger partial charge in [-0.05, 0) is 55.9 Å². The molecule has 9 heteroatoms. The molecule has 3 rings (SSSR count). The zero-order chi connectivity index (χ0) is 20.5. The molecule has 2 heterocycles. The molecule has 0 bridgehead atoms. The maximum absolute atomic E-state index is 13.0. The average molecular weight is 418 g/mol. The Kier molecular flexibility index (Phi) is 6.05. The highest BCUT2D eigenvalue weighted by molar-refractivity contribution is 7.89. The summed E-state index contributed by atoms with van der Waals surface area (Å²) in [6, 6.07) is 5.51. The number of hydrogen-bond donors (Lipinski definition) is 0. The number of rotatable bonds is 3. The SMILES string of the molecule is C[C@@H]1CCCN(S(=O)(=O)c2ccc(C(=O)N3CCC[C@@H](C(F)(F)F)C3)cc2)C1. The lowest BCUT2D eigenvalue weighted by Crippen LogP contribution is -2.44. The molecule has 0 N–H and O–H groups in total. The summed E-state index contributed by atoms with van der Waals surface area (Å²) in [7, 11) is -3.63. The summed E-state index contributed by atoms with van der Waals surface area (Å²) in [5.41, 5.74) is 0.203. The first-order chi connectivity index (χ1) is 13.1. The van der Waals surface area contributed by atoms with E-state index in [9.17, 15) is 26.4 Å². The van der Waals surface area contributed by atoms with Crippen molar-refractivity contribution in [2.75, 3.05) is 26.2 Å². The normalized spacial score (nSPS) is 24.9. The molecule has 5 nitrogen and oxygen atoms in total. The van der Waals surface area contributed by atoms with E-state index in [2.05, 4.69) is 0 Å². The predicted octanol–water partition coefficient (Wildman–Crippen LogP) is 3.52. The summed E-state index contributed by atoms with van der Waals surface area (Å²) in [6.07, 6.45) is -2.18. The fourth-order valence-electron chi connectivity index (χ4n) is 3.89. The van der Waals surface area contributed by atoms with Gasteiger partial charge >= 0.3 is 6.18 Å². The highest BCUT2D eigenvalue weighted by Crippen LogP contribution is 2.33. The van der Waals surface area contributed by atoms with Crippen LogP contribution in [0.1, 0.15) is 43.0 Å². The Hall–Kier alpha value is -1.61. The molecule has 0 saturated carbocycles. The van der Waals surface area contributed by atoms with Gasteiger partial charge < -0.3 is 4.90 Å². The van der Waals surface area contributed by atoms with Crippen molar-refractivity contribution in [3.8, 4) is 0 Å². The molecular weight excluding hydrogens is 393 g/mol. The van der Waals surface area contributed by atoms with E-state index in [1.165, 1.54) is 33.5 Å². The molecule has 2 fully saturated rings. The van der Waals surface area contributed by atoms with Crippen LogP contribution in [-0.4, -0.2) is 55.9 Å². The Labute approximate surface area is 163 Å². The lowest BCUT2D eigenvalue weighted by atomic mass is 9.97. The number of benzene rings is 1. The van der Waals surface area contributed by atoms with E-state index >= 15 is 0 Å². The third kappa shape index (κ3) is 4.51. The Morgan fingerprint density at radius 3 is 2.29 bits per heavy atom. The van der Waals surface area contributed by atoms with E-state index in [-0.39, 0.29) is 30.0 Å². The molecule has 2 aliphatic heterocycles. The number of carbonyl (C=O) groups is 1. The second-order valence-corrected chi connectivity index (χ2v) is 9.70. The van der Waals surface area contributed by atoms with Gasteiger partial charge in [0.2, 0.25) is 10.0 Å². The smallest absolute Gasteiger partial charge is 0.338 e. The van der Waals surface area contributed by atoms with Gasteiger partial charge in [-0.15, -0.1) is 0 Å². The maximum Gasteiger partial charge on any atom is 0.393 e. The minimum Gasteiger partial charge on any atom is -0.338 e. The van der Waals surface area contributed by atoms with E-state index in [0.717, 1.165) is 12.8 Å². The largest absolute Gasteiger partial charge is 0.393 e. The third-order valence-electron chi connectivity index (χ3n) is 5.53. The van der Waals surface area contributed by atoms with Crippen LogP contribution in [0.5, 0.6) is 0 Å².